The van der Waals surface area contributed by atoms with Gasteiger partial charge in [-0.15, -0.1) is 0 Å². The molecule has 0 saturated carbocycles. The smallest absolute Gasteiger partial charge is 0.147 e. The fraction of sp³-hybridized carbons (Fsp3) is 0.545. The summed E-state index contributed by atoms with van der Waals surface area (Å²) >= 11 is 4.82. The van der Waals surface area contributed by atoms with Crippen LogP contribution in [0.3, 0.4) is 0 Å². The van der Waals surface area contributed by atoms with E-state index >= 15 is 0 Å². The number of anilines is 1. The lowest BCUT2D eigenvalue weighted by Gasteiger charge is -2.27. The Hall–Kier alpha value is -1.27. The second-order valence-electron chi connectivity index (χ2n) is 3.99. The Labute approximate surface area is 107 Å². The van der Waals surface area contributed by atoms with E-state index in [2.05, 4.69) is 28.7 Å². The largest absolute Gasteiger partial charge is 0.396 e. The van der Waals surface area contributed by atoms with Gasteiger partial charge in [0.1, 0.15) is 16.5 Å². The molecule has 0 bridgehead atoms. The predicted molar refractivity (Wildman–Crippen MR) is 72.1 cm³/mol. The van der Waals surface area contributed by atoms with Crippen LogP contribution in [0.25, 0.3) is 0 Å². The van der Waals surface area contributed by atoms with E-state index < -0.39 is 0 Å². The summed E-state index contributed by atoms with van der Waals surface area (Å²) in [5, 5.41) is 8.86. The molecule has 0 aliphatic carbocycles. The minimum absolute atomic E-state index is 0.168. The zero-order chi connectivity index (χ0) is 12.8. The first kappa shape index (κ1) is 13.8. The molecule has 0 amide bonds. The summed E-state index contributed by atoms with van der Waals surface area (Å²) < 4.78 is 0. The van der Waals surface area contributed by atoms with Gasteiger partial charge in [0, 0.05) is 19.2 Å². The first-order valence-corrected chi connectivity index (χ1v) is 5.96. The van der Waals surface area contributed by atoms with Crippen LogP contribution in [0.1, 0.15) is 26.0 Å². The van der Waals surface area contributed by atoms with Crippen molar-refractivity contribution in [2.75, 3.05) is 18.1 Å². The molecular weight excluding hydrogens is 236 g/mol. The van der Waals surface area contributed by atoms with Gasteiger partial charge in [-0.05, 0) is 20.3 Å². The van der Waals surface area contributed by atoms with Gasteiger partial charge in [0.05, 0.1) is 12.4 Å². The van der Waals surface area contributed by atoms with Crippen LogP contribution < -0.4 is 10.6 Å². The molecule has 1 aromatic heterocycles. The zero-order valence-electron chi connectivity index (χ0n) is 10.1. The number of aromatic nitrogens is 2. The van der Waals surface area contributed by atoms with Crippen molar-refractivity contribution in [3.63, 3.8) is 0 Å². The van der Waals surface area contributed by atoms with Crippen molar-refractivity contribution in [2.24, 2.45) is 5.73 Å². The lowest BCUT2D eigenvalue weighted by molar-refractivity contribution is 0.288. The van der Waals surface area contributed by atoms with Gasteiger partial charge in [-0.1, -0.05) is 12.2 Å². The van der Waals surface area contributed by atoms with Crippen LogP contribution in [0.2, 0.25) is 0 Å². The second kappa shape index (κ2) is 6.46. The summed E-state index contributed by atoms with van der Waals surface area (Å²) in [4.78, 5) is 10.8. The average Bonchev–Trinajstić information content (AvgIpc) is 2.29. The van der Waals surface area contributed by atoms with E-state index in [0.29, 0.717) is 18.2 Å². The van der Waals surface area contributed by atoms with Gasteiger partial charge in [0.2, 0.25) is 0 Å². The molecule has 5 nitrogen and oxygen atoms in total. The third-order valence-electron chi connectivity index (χ3n) is 2.37. The first-order chi connectivity index (χ1) is 8.06. The molecule has 0 aromatic carbocycles. The highest BCUT2D eigenvalue weighted by atomic mass is 32.1. The molecule has 0 spiro atoms. The molecule has 0 unspecified atom stereocenters. The summed E-state index contributed by atoms with van der Waals surface area (Å²) in [7, 11) is 0. The number of nitrogens with two attached hydrogens (primary N) is 1. The highest BCUT2D eigenvalue weighted by molar-refractivity contribution is 7.80. The van der Waals surface area contributed by atoms with Gasteiger partial charge >= 0.3 is 0 Å². The Balaban J connectivity index is 2.83. The predicted octanol–water partition coefficient (Wildman–Crippen LogP) is 0.708. The van der Waals surface area contributed by atoms with Gasteiger partial charge in [0.25, 0.3) is 0 Å². The van der Waals surface area contributed by atoms with Gasteiger partial charge in [-0.25, -0.2) is 9.97 Å². The molecular formula is C11H18N4OS. The SMILES string of the molecule is CC(C)N(CCCO)c1cnc(C(N)=S)cn1. The maximum atomic E-state index is 8.86. The quantitative estimate of drug-likeness (QED) is 0.728. The Morgan fingerprint density at radius 3 is 2.59 bits per heavy atom. The van der Waals surface area contributed by atoms with Crippen molar-refractivity contribution < 1.29 is 5.11 Å². The molecule has 1 rings (SSSR count). The van der Waals surface area contributed by atoms with Crippen molar-refractivity contribution in [1.82, 2.24) is 9.97 Å². The van der Waals surface area contributed by atoms with Crippen LogP contribution in [0.5, 0.6) is 0 Å². The number of aliphatic hydroxyl groups excluding tert-OH is 1. The molecule has 0 fully saturated rings. The monoisotopic (exact) mass is 254 g/mol. The normalized spacial score (nSPS) is 10.6. The second-order valence-corrected chi connectivity index (χ2v) is 4.43. The van der Waals surface area contributed by atoms with E-state index in [1.54, 1.807) is 12.4 Å². The number of hydrogen-bond acceptors (Lipinski definition) is 5. The van der Waals surface area contributed by atoms with Gasteiger partial charge < -0.3 is 15.7 Å². The summed E-state index contributed by atoms with van der Waals surface area (Å²) in [6, 6.07) is 0.298. The lowest BCUT2D eigenvalue weighted by atomic mass is 10.3. The summed E-state index contributed by atoms with van der Waals surface area (Å²) in [6.45, 7) is 5.05. The number of rotatable bonds is 6. The molecule has 0 saturated heterocycles. The number of thiocarbonyl (C=S) groups is 1. The zero-order valence-corrected chi connectivity index (χ0v) is 10.9. The summed E-state index contributed by atoms with van der Waals surface area (Å²) in [6.07, 6.45) is 3.94. The van der Waals surface area contributed by atoms with Crippen molar-refractivity contribution in [3.05, 3.63) is 18.1 Å². The Bertz CT molecular complexity index is 366. The van der Waals surface area contributed by atoms with Crippen LogP contribution in [-0.4, -0.2) is 39.3 Å². The highest BCUT2D eigenvalue weighted by Crippen LogP contribution is 2.13. The topological polar surface area (TPSA) is 75.3 Å². The van der Waals surface area contributed by atoms with E-state index in [0.717, 1.165) is 12.4 Å². The van der Waals surface area contributed by atoms with Gasteiger partial charge in [-0.3, -0.25) is 0 Å². The maximum Gasteiger partial charge on any atom is 0.147 e. The summed E-state index contributed by atoms with van der Waals surface area (Å²) in [5.41, 5.74) is 5.98. The third kappa shape index (κ3) is 3.90. The van der Waals surface area contributed by atoms with Gasteiger partial charge in [0.15, 0.2) is 0 Å². The first-order valence-electron chi connectivity index (χ1n) is 5.55. The lowest BCUT2D eigenvalue weighted by Crippen LogP contribution is -2.33. The van der Waals surface area contributed by atoms with E-state index in [-0.39, 0.29) is 11.6 Å². The molecule has 0 aliphatic heterocycles. The Morgan fingerprint density at radius 2 is 2.18 bits per heavy atom. The summed E-state index contributed by atoms with van der Waals surface area (Å²) in [5.74, 6) is 0.772. The van der Waals surface area contributed by atoms with Crippen LogP contribution in [0, 0.1) is 0 Å². The van der Waals surface area contributed by atoms with Crippen molar-refractivity contribution in [1.29, 1.82) is 0 Å². The molecule has 6 heteroatoms. The number of nitrogens with zero attached hydrogens (tertiary/aromatic N) is 3. The molecule has 94 valence electrons. The Kier molecular flexibility index (Phi) is 5.24. The van der Waals surface area contributed by atoms with Crippen molar-refractivity contribution >= 4 is 23.0 Å². The van der Waals surface area contributed by atoms with Crippen LogP contribution >= 0.6 is 12.2 Å². The minimum Gasteiger partial charge on any atom is -0.396 e. The number of aliphatic hydroxyl groups is 1. The fourth-order valence-corrected chi connectivity index (χ4v) is 1.58. The third-order valence-corrected chi connectivity index (χ3v) is 2.57. The molecule has 3 N–H and O–H groups in total. The maximum absolute atomic E-state index is 8.86. The van der Waals surface area contributed by atoms with E-state index in [9.17, 15) is 0 Å². The number of hydrogen-bond donors (Lipinski definition) is 2. The molecule has 17 heavy (non-hydrogen) atoms. The van der Waals surface area contributed by atoms with E-state index in [1.807, 2.05) is 0 Å². The molecule has 1 heterocycles. The fourth-order valence-electron chi connectivity index (χ4n) is 1.48. The molecule has 0 radical (unpaired) electrons. The highest BCUT2D eigenvalue weighted by Gasteiger charge is 2.12. The van der Waals surface area contributed by atoms with E-state index in [4.69, 9.17) is 23.1 Å². The van der Waals surface area contributed by atoms with Crippen LogP contribution in [0.4, 0.5) is 5.82 Å². The standard InChI is InChI=1S/C11H18N4OS/c1-8(2)15(4-3-5-16)10-7-13-9(6-14-10)11(12)17/h6-8,16H,3-5H2,1-2H3,(H2,12,17). The molecule has 0 aliphatic rings. The van der Waals surface area contributed by atoms with Gasteiger partial charge in [-0.2, -0.15) is 0 Å². The molecule has 1 aromatic rings. The Morgan fingerprint density at radius 1 is 1.47 bits per heavy atom. The average molecular weight is 254 g/mol. The van der Waals surface area contributed by atoms with Crippen molar-refractivity contribution in [2.45, 2.75) is 26.3 Å². The molecule has 0 atom stereocenters. The van der Waals surface area contributed by atoms with Crippen LogP contribution in [-0.2, 0) is 0 Å². The minimum atomic E-state index is 0.168. The van der Waals surface area contributed by atoms with Crippen molar-refractivity contribution in [3.8, 4) is 0 Å². The van der Waals surface area contributed by atoms with Crippen LogP contribution in [0.15, 0.2) is 12.4 Å². The van der Waals surface area contributed by atoms with E-state index in [1.165, 1.54) is 0 Å².